The summed E-state index contributed by atoms with van der Waals surface area (Å²) in [6.07, 6.45) is 8.55. The quantitative estimate of drug-likeness (QED) is 0.871. The molecule has 0 radical (unpaired) electrons. The third-order valence-electron chi connectivity index (χ3n) is 4.73. The lowest BCUT2D eigenvalue weighted by atomic mass is 9.73. The fourth-order valence-corrected chi connectivity index (χ4v) is 3.62. The molecule has 0 aliphatic heterocycles. The Morgan fingerprint density at radius 3 is 3.00 bits per heavy atom. The van der Waals surface area contributed by atoms with Crippen LogP contribution >= 0.6 is 0 Å². The molecule has 1 aliphatic rings. The van der Waals surface area contributed by atoms with Gasteiger partial charge < -0.3 is 10.5 Å². The molecule has 1 aromatic heterocycles. The SMILES string of the molecule is CCOC1(C(N)CCc2ccnn2C)CCCC(C)C1. The minimum atomic E-state index is -0.106. The van der Waals surface area contributed by atoms with Gasteiger partial charge in [-0.25, -0.2) is 0 Å². The van der Waals surface area contributed by atoms with Gasteiger partial charge in [0.25, 0.3) is 0 Å². The zero-order valence-electron chi connectivity index (χ0n) is 13.1. The Labute approximate surface area is 122 Å². The van der Waals surface area contributed by atoms with Crippen molar-refractivity contribution in [2.24, 2.45) is 18.7 Å². The normalized spacial score (nSPS) is 28.5. The first-order valence-corrected chi connectivity index (χ1v) is 7.94. The van der Waals surface area contributed by atoms with E-state index in [9.17, 15) is 0 Å². The highest BCUT2D eigenvalue weighted by atomic mass is 16.5. The maximum absolute atomic E-state index is 6.54. The van der Waals surface area contributed by atoms with Crippen LogP contribution in [0.25, 0.3) is 0 Å². The van der Waals surface area contributed by atoms with E-state index in [1.165, 1.54) is 18.5 Å². The van der Waals surface area contributed by atoms with Gasteiger partial charge in [0.2, 0.25) is 0 Å². The molecule has 3 atom stereocenters. The van der Waals surface area contributed by atoms with E-state index in [1.54, 1.807) is 0 Å². The fraction of sp³-hybridized carbons (Fsp3) is 0.812. The summed E-state index contributed by atoms with van der Waals surface area (Å²) in [5.41, 5.74) is 7.68. The monoisotopic (exact) mass is 279 g/mol. The largest absolute Gasteiger partial charge is 0.374 e. The highest BCUT2D eigenvalue weighted by Crippen LogP contribution is 2.38. The molecular weight excluding hydrogens is 250 g/mol. The van der Waals surface area contributed by atoms with Gasteiger partial charge >= 0.3 is 0 Å². The van der Waals surface area contributed by atoms with Gasteiger partial charge in [-0.05, 0) is 44.6 Å². The van der Waals surface area contributed by atoms with Crippen LogP contribution in [-0.2, 0) is 18.2 Å². The summed E-state index contributed by atoms with van der Waals surface area (Å²) in [6, 6.07) is 2.18. The van der Waals surface area contributed by atoms with Gasteiger partial charge in [-0.1, -0.05) is 19.8 Å². The third-order valence-corrected chi connectivity index (χ3v) is 4.73. The lowest BCUT2D eigenvalue weighted by Crippen LogP contribution is -2.53. The van der Waals surface area contributed by atoms with Crippen molar-refractivity contribution in [3.05, 3.63) is 18.0 Å². The van der Waals surface area contributed by atoms with Crippen LogP contribution in [0.1, 0.15) is 51.6 Å². The van der Waals surface area contributed by atoms with Crippen molar-refractivity contribution in [1.29, 1.82) is 0 Å². The van der Waals surface area contributed by atoms with Gasteiger partial charge in [0.15, 0.2) is 0 Å². The van der Waals surface area contributed by atoms with E-state index in [2.05, 4.69) is 25.0 Å². The van der Waals surface area contributed by atoms with Gasteiger partial charge in [-0.2, -0.15) is 5.10 Å². The molecule has 0 saturated heterocycles. The van der Waals surface area contributed by atoms with E-state index < -0.39 is 0 Å². The molecule has 0 aromatic carbocycles. The van der Waals surface area contributed by atoms with Crippen LogP contribution in [0.2, 0.25) is 0 Å². The second-order valence-electron chi connectivity index (χ2n) is 6.29. The smallest absolute Gasteiger partial charge is 0.0835 e. The van der Waals surface area contributed by atoms with Crippen LogP contribution in [0.15, 0.2) is 12.3 Å². The molecule has 4 nitrogen and oxygen atoms in total. The molecule has 4 heteroatoms. The minimum absolute atomic E-state index is 0.106. The summed E-state index contributed by atoms with van der Waals surface area (Å²) >= 11 is 0. The Morgan fingerprint density at radius 1 is 1.60 bits per heavy atom. The third kappa shape index (κ3) is 3.41. The number of nitrogens with zero attached hydrogens (tertiary/aromatic N) is 2. The minimum Gasteiger partial charge on any atom is -0.374 e. The molecule has 1 fully saturated rings. The summed E-state index contributed by atoms with van der Waals surface area (Å²) in [7, 11) is 1.99. The summed E-state index contributed by atoms with van der Waals surface area (Å²) in [5.74, 6) is 0.720. The van der Waals surface area contributed by atoms with E-state index in [-0.39, 0.29) is 11.6 Å². The van der Waals surface area contributed by atoms with E-state index >= 15 is 0 Å². The molecular formula is C16H29N3O. The summed E-state index contributed by atoms with van der Waals surface area (Å²) < 4.78 is 8.09. The number of aromatic nitrogens is 2. The van der Waals surface area contributed by atoms with Gasteiger partial charge in [0, 0.05) is 31.6 Å². The number of rotatable bonds is 6. The Morgan fingerprint density at radius 2 is 2.40 bits per heavy atom. The highest BCUT2D eigenvalue weighted by Gasteiger charge is 2.40. The Bertz CT molecular complexity index is 414. The lowest BCUT2D eigenvalue weighted by molar-refractivity contribution is -0.0940. The number of ether oxygens (including phenoxy) is 1. The standard InChI is InChI=1S/C16H29N3O/c1-4-20-16(10-5-6-13(2)12-16)15(17)8-7-14-9-11-18-19(14)3/h9,11,13,15H,4-8,10,12,17H2,1-3H3. The van der Waals surface area contributed by atoms with Gasteiger partial charge in [0.1, 0.15) is 0 Å². The van der Waals surface area contributed by atoms with Crippen LogP contribution in [0, 0.1) is 5.92 Å². The number of nitrogens with two attached hydrogens (primary N) is 1. The van der Waals surface area contributed by atoms with Crippen molar-refractivity contribution in [2.45, 2.75) is 64.0 Å². The van der Waals surface area contributed by atoms with Crippen molar-refractivity contribution in [3.63, 3.8) is 0 Å². The van der Waals surface area contributed by atoms with Crippen LogP contribution in [0.4, 0.5) is 0 Å². The zero-order valence-corrected chi connectivity index (χ0v) is 13.1. The summed E-state index contributed by atoms with van der Waals surface area (Å²) in [6.45, 7) is 5.15. The maximum atomic E-state index is 6.54. The van der Waals surface area contributed by atoms with Crippen molar-refractivity contribution in [3.8, 4) is 0 Å². The van der Waals surface area contributed by atoms with Gasteiger partial charge in [0.05, 0.1) is 5.60 Å². The Balaban J connectivity index is 1.99. The maximum Gasteiger partial charge on any atom is 0.0835 e. The fourth-order valence-electron chi connectivity index (χ4n) is 3.62. The van der Waals surface area contributed by atoms with Crippen LogP contribution in [0.3, 0.4) is 0 Å². The first-order chi connectivity index (χ1) is 9.57. The Hall–Kier alpha value is -0.870. The summed E-state index contributed by atoms with van der Waals surface area (Å²) in [5, 5.41) is 4.22. The molecule has 20 heavy (non-hydrogen) atoms. The number of hydrogen-bond acceptors (Lipinski definition) is 3. The first kappa shape index (κ1) is 15.5. The van der Waals surface area contributed by atoms with Gasteiger partial charge in [-0.3, -0.25) is 4.68 Å². The predicted octanol–water partition coefficient (Wildman–Crippen LogP) is 2.67. The van der Waals surface area contributed by atoms with E-state index in [0.717, 1.165) is 38.2 Å². The molecule has 2 rings (SSSR count). The number of hydrogen-bond donors (Lipinski definition) is 1. The first-order valence-electron chi connectivity index (χ1n) is 7.94. The molecule has 3 unspecified atom stereocenters. The average molecular weight is 279 g/mol. The van der Waals surface area contributed by atoms with E-state index in [0.29, 0.717) is 0 Å². The second kappa shape index (κ2) is 6.72. The van der Waals surface area contributed by atoms with E-state index in [1.807, 2.05) is 17.9 Å². The molecule has 0 bridgehead atoms. The molecule has 114 valence electrons. The van der Waals surface area contributed by atoms with Crippen LogP contribution in [-0.4, -0.2) is 28.0 Å². The van der Waals surface area contributed by atoms with Gasteiger partial charge in [-0.15, -0.1) is 0 Å². The Kier molecular flexibility index (Phi) is 5.22. The molecule has 1 saturated carbocycles. The van der Waals surface area contributed by atoms with Crippen molar-refractivity contribution >= 4 is 0 Å². The molecule has 1 aliphatic carbocycles. The molecule has 0 spiro atoms. The van der Waals surface area contributed by atoms with Crippen LogP contribution < -0.4 is 5.73 Å². The zero-order chi connectivity index (χ0) is 14.6. The number of aryl methyl sites for hydroxylation is 2. The highest BCUT2D eigenvalue weighted by molar-refractivity contribution is 5.03. The van der Waals surface area contributed by atoms with Crippen molar-refractivity contribution < 1.29 is 4.74 Å². The van der Waals surface area contributed by atoms with E-state index in [4.69, 9.17) is 10.5 Å². The molecule has 1 heterocycles. The lowest BCUT2D eigenvalue weighted by Gasteiger charge is -2.44. The predicted molar refractivity (Wildman–Crippen MR) is 81.5 cm³/mol. The average Bonchev–Trinajstić information content (AvgIpc) is 2.82. The van der Waals surface area contributed by atoms with Crippen molar-refractivity contribution in [2.75, 3.05) is 6.61 Å². The van der Waals surface area contributed by atoms with Crippen molar-refractivity contribution in [1.82, 2.24) is 9.78 Å². The summed E-state index contributed by atoms with van der Waals surface area (Å²) in [4.78, 5) is 0. The second-order valence-corrected chi connectivity index (χ2v) is 6.29. The molecule has 1 aromatic rings. The topological polar surface area (TPSA) is 53.1 Å². The molecule has 0 amide bonds. The van der Waals surface area contributed by atoms with Crippen LogP contribution in [0.5, 0.6) is 0 Å². The molecule has 2 N–H and O–H groups in total.